The number of hydrogen-bond donors (Lipinski definition) is 3. The molecule has 3 N–H and O–H groups in total. The predicted octanol–water partition coefficient (Wildman–Crippen LogP) is 3.26. The number of carbonyl (C=O) groups is 2. The van der Waals surface area contributed by atoms with Crippen LogP contribution in [0, 0.1) is 5.82 Å². The van der Waals surface area contributed by atoms with Crippen LogP contribution in [0.15, 0.2) is 48.5 Å². The highest BCUT2D eigenvalue weighted by molar-refractivity contribution is 6.30. The molecule has 0 spiro atoms. The number of hydrogen-bond acceptors (Lipinski definition) is 5. The number of anilines is 1. The van der Waals surface area contributed by atoms with Gasteiger partial charge in [0.15, 0.2) is 0 Å². The van der Waals surface area contributed by atoms with Gasteiger partial charge in [-0.2, -0.15) is 18.6 Å². The first-order valence-electron chi connectivity index (χ1n) is 7.61. The summed E-state index contributed by atoms with van der Waals surface area (Å²) < 4.78 is 59.5. The number of ether oxygens (including phenoxy) is 1. The summed E-state index contributed by atoms with van der Waals surface area (Å²) in [6.07, 6.45) is -5.37. The third kappa shape index (κ3) is 4.52. The lowest BCUT2D eigenvalue weighted by Crippen LogP contribution is -2.73. The van der Waals surface area contributed by atoms with Crippen molar-refractivity contribution in [3.05, 3.63) is 64.9 Å². The molecule has 0 aliphatic rings. The topological polar surface area (TPSA) is 79.5 Å². The van der Waals surface area contributed by atoms with Crippen molar-refractivity contribution >= 4 is 29.2 Å². The minimum atomic E-state index is -5.37. The van der Waals surface area contributed by atoms with Gasteiger partial charge in [-0.05, 0) is 30.3 Å². The molecule has 1 atom stereocenters. The molecule has 28 heavy (non-hydrogen) atoms. The number of methoxy groups -OCH3 is 1. The Labute approximate surface area is 161 Å². The number of alkyl halides is 3. The maximum atomic E-state index is 13.8. The number of esters is 1. The van der Waals surface area contributed by atoms with Crippen molar-refractivity contribution in [3.63, 3.8) is 0 Å². The zero-order valence-corrected chi connectivity index (χ0v) is 15.0. The number of rotatable bonds is 6. The molecule has 0 bridgehead atoms. The monoisotopic (exact) mass is 419 g/mol. The van der Waals surface area contributed by atoms with Crippen LogP contribution in [-0.2, 0) is 9.53 Å². The lowest BCUT2D eigenvalue weighted by molar-refractivity contribution is -0.215. The van der Waals surface area contributed by atoms with E-state index >= 15 is 0 Å². The Kier molecular flexibility index (Phi) is 6.47. The number of amides is 1. The second-order valence-electron chi connectivity index (χ2n) is 5.43. The summed E-state index contributed by atoms with van der Waals surface area (Å²) in [5.41, 5.74) is -0.468. The largest absolute Gasteiger partial charge is 0.466 e. The third-order valence-electron chi connectivity index (χ3n) is 3.56. The standard InChI is InChI=1S/C17H14ClF4N3O3/c1-28-15(27)16(17(20,21)22,25-24-11-6-4-5-10(18)9-11)23-14(26)12-7-2-3-8-13(12)19/h2-9,24-25H,1H3,(H,23,26)/t16-/m1/s1. The van der Waals surface area contributed by atoms with Crippen molar-refractivity contribution in [2.75, 3.05) is 12.5 Å². The number of benzene rings is 2. The molecular weight excluding hydrogens is 406 g/mol. The fourth-order valence-corrected chi connectivity index (χ4v) is 2.35. The second kappa shape index (κ2) is 8.44. The van der Waals surface area contributed by atoms with Crippen molar-refractivity contribution in [2.24, 2.45) is 0 Å². The van der Waals surface area contributed by atoms with Crippen LogP contribution >= 0.6 is 11.6 Å². The second-order valence-corrected chi connectivity index (χ2v) is 5.87. The minimum Gasteiger partial charge on any atom is -0.466 e. The van der Waals surface area contributed by atoms with Gasteiger partial charge >= 0.3 is 17.8 Å². The van der Waals surface area contributed by atoms with Gasteiger partial charge < -0.3 is 15.5 Å². The maximum Gasteiger partial charge on any atom is 0.438 e. The van der Waals surface area contributed by atoms with E-state index in [1.807, 2.05) is 0 Å². The molecule has 0 saturated heterocycles. The molecule has 11 heteroatoms. The summed E-state index contributed by atoms with van der Waals surface area (Å²) >= 11 is 5.76. The van der Waals surface area contributed by atoms with E-state index in [0.29, 0.717) is 7.11 Å². The van der Waals surface area contributed by atoms with E-state index in [0.717, 1.165) is 12.1 Å². The van der Waals surface area contributed by atoms with Crippen LogP contribution in [0.2, 0.25) is 5.02 Å². The summed E-state index contributed by atoms with van der Waals surface area (Å²) in [5.74, 6) is -4.43. The van der Waals surface area contributed by atoms with Crippen LogP contribution in [0.1, 0.15) is 10.4 Å². The van der Waals surface area contributed by atoms with E-state index < -0.39 is 35.1 Å². The summed E-state index contributed by atoms with van der Waals surface area (Å²) in [7, 11) is 0.707. The van der Waals surface area contributed by atoms with Gasteiger partial charge in [0, 0.05) is 5.02 Å². The molecule has 150 valence electrons. The van der Waals surface area contributed by atoms with Crippen LogP contribution in [0.4, 0.5) is 23.2 Å². The molecule has 0 fully saturated rings. The van der Waals surface area contributed by atoms with E-state index in [1.165, 1.54) is 41.7 Å². The zero-order chi connectivity index (χ0) is 20.9. The summed E-state index contributed by atoms with van der Waals surface area (Å²) in [5, 5.41) is 1.68. The van der Waals surface area contributed by atoms with Gasteiger partial charge in [-0.1, -0.05) is 29.8 Å². The molecule has 6 nitrogen and oxygen atoms in total. The lowest BCUT2D eigenvalue weighted by atomic mass is 10.1. The predicted molar refractivity (Wildman–Crippen MR) is 92.9 cm³/mol. The molecule has 0 radical (unpaired) electrons. The molecule has 2 aromatic rings. The Morgan fingerprint density at radius 3 is 2.32 bits per heavy atom. The lowest BCUT2D eigenvalue weighted by Gasteiger charge is -2.34. The molecule has 0 aliphatic carbocycles. The highest BCUT2D eigenvalue weighted by Gasteiger charge is 2.63. The Bertz CT molecular complexity index is 879. The van der Waals surface area contributed by atoms with Crippen LogP contribution in [-0.4, -0.2) is 30.8 Å². The van der Waals surface area contributed by atoms with Gasteiger partial charge in [-0.15, -0.1) is 0 Å². The Morgan fingerprint density at radius 2 is 1.75 bits per heavy atom. The number of hydrazine groups is 1. The number of nitrogens with one attached hydrogen (secondary N) is 3. The van der Waals surface area contributed by atoms with Crippen molar-refractivity contribution < 1.29 is 31.9 Å². The first-order chi connectivity index (χ1) is 13.1. The van der Waals surface area contributed by atoms with Gasteiger partial charge in [0.2, 0.25) is 0 Å². The molecule has 1 amide bonds. The highest BCUT2D eigenvalue weighted by atomic mass is 35.5. The van der Waals surface area contributed by atoms with E-state index in [2.05, 4.69) is 10.2 Å². The number of halogens is 5. The van der Waals surface area contributed by atoms with E-state index in [-0.39, 0.29) is 10.7 Å². The smallest absolute Gasteiger partial charge is 0.438 e. The molecule has 2 rings (SSSR count). The fraction of sp³-hybridized carbons (Fsp3) is 0.176. The van der Waals surface area contributed by atoms with E-state index in [4.69, 9.17) is 11.6 Å². The van der Waals surface area contributed by atoms with E-state index in [1.54, 1.807) is 5.43 Å². The average Bonchev–Trinajstić information content (AvgIpc) is 2.63. The van der Waals surface area contributed by atoms with Crippen LogP contribution in [0.5, 0.6) is 0 Å². The quantitative estimate of drug-likeness (QED) is 0.290. The highest BCUT2D eigenvalue weighted by Crippen LogP contribution is 2.30. The van der Waals surface area contributed by atoms with Crippen molar-refractivity contribution in [1.29, 1.82) is 0 Å². The van der Waals surface area contributed by atoms with Crippen molar-refractivity contribution in [3.8, 4) is 0 Å². The van der Waals surface area contributed by atoms with Crippen molar-refractivity contribution in [1.82, 2.24) is 10.7 Å². The number of carbonyl (C=O) groups excluding carboxylic acids is 2. The van der Waals surface area contributed by atoms with E-state index in [9.17, 15) is 27.2 Å². The van der Waals surface area contributed by atoms with Crippen LogP contribution in [0.25, 0.3) is 0 Å². The third-order valence-corrected chi connectivity index (χ3v) is 3.79. The minimum absolute atomic E-state index is 0.0603. The average molecular weight is 420 g/mol. The summed E-state index contributed by atoms with van der Waals surface area (Å²) in [6, 6.07) is 9.90. The molecule has 0 heterocycles. The van der Waals surface area contributed by atoms with Gasteiger partial charge in [0.1, 0.15) is 5.82 Å². The summed E-state index contributed by atoms with van der Waals surface area (Å²) in [6.45, 7) is 0. The van der Waals surface area contributed by atoms with Crippen LogP contribution in [0.3, 0.4) is 0 Å². The molecule has 2 aromatic carbocycles. The Hall–Kier alpha value is -2.85. The Morgan fingerprint density at radius 1 is 1.07 bits per heavy atom. The zero-order valence-electron chi connectivity index (χ0n) is 14.2. The van der Waals surface area contributed by atoms with Crippen molar-refractivity contribution in [2.45, 2.75) is 11.8 Å². The fourth-order valence-electron chi connectivity index (χ4n) is 2.16. The Balaban J connectivity index is 2.41. The normalized spacial score (nSPS) is 13.4. The first kappa shape index (κ1) is 21.5. The van der Waals surface area contributed by atoms with Gasteiger partial charge in [0.25, 0.3) is 5.91 Å². The van der Waals surface area contributed by atoms with Gasteiger partial charge in [-0.3, -0.25) is 4.79 Å². The SMILES string of the molecule is COC(=O)[C@](NNc1cccc(Cl)c1)(NC(=O)c1ccccc1F)C(F)(F)F. The maximum absolute atomic E-state index is 13.8. The molecule has 0 saturated carbocycles. The molecule has 0 aromatic heterocycles. The van der Waals surface area contributed by atoms with Crippen LogP contribution < -0.4 is 16.2 Å². The molecule has 0 aliphatic heterocycles. The van der Waals surface area contributed by atoms with Gasteiger partial charge in [0.05, 0.1) is 18.4 Å². The first-order valence-corrected chi connectivity index (χ1v) is 7.99. The summed E-state index contributed by atoms with van der Waals surface area (Å²) in [4.78, 5) is 24.3. The molecular formula is C17H14ClF4N3O3. The molecule has 0 unspecified atom stereocenters. The van der Waals surface area contributed by atoms with Gasteiger partial charge in [-0.25, -0.2) is 9.18 Å².